The molecule has 0 radical (unpaired) electrons. The second-order valence-electron chi connectivity index (χ2n) is 4.64. The zero-order valence-electron chi connectivity index (χ0n) is 11.9. The summed E-state index contributed by atoms with van der Waals surface area (Å²) in [6.07, 6.45) is 0. The fraction of sp³-hybridized carbons (Fsp3) is 0.125. The van der Waals surface area contributed by atoms with E-state index in [1.54, 1.807) is 35.6 Å². The molecule has 0 aliphatic rings. The molecule has 112 valence electrons. The third-order valence-electron chi connectivity index (χ3n) is 2.92. The van der Waals surface area contributed by atoms with Gasteiger partial charge in [0, 0.05) is 15.8 Å². The molecule has 0 atom stereocenters. The van der Waals surface area contributed by atoms with E-state index >= 15 is 0 Å². The van der Waals surface area contributed by atoms with Crippen molar-refractivity contribution in [2.75, 3.05) is 5.32 Å². The summed E-state index contributed by atoms with van der Waals surface area (Å²) in [7, 11) is 0. The highest BCUT2D eigenvalue weighted by Gasteiger charge is 2.08. The summed E-state index contributed by atoms with van der Waals surface area (Å²) in [4.78, 5) is 17.5. The van der Waals surface area contributed by atoms with Crippen LogP contribution in [0.3, 0.4) is 0 Å². The second kappa shape index (κ2) is 6.72. The number of carbonyl (C=O) groups excluding carboxylic acids is 1. The third-order valence-corrected chi connectivity index (χ3v) is 4.64. The van der Waals surface area contributed by atoms with Gasteiger partial charge in [-0.2, -0.15) is 0 Å². The van der Waals surface area contributed by atoms with Crippen molar-refractivity contribution in [3.63, 3.8) is 0 Å². The normalized spacial score (nSPS) is 10.4. The van der Waals surface area contributed by atoms with Gasteiger partial charge >= 0.3 is 0 Å². The van der Waals surface area contributed by atoms with Gasteiger partial charge in [0.25, 0.3) is 5.91 Å². The minimum absolute atomic E-state index is 0.167. The maximum absolute atomic E-state index is 12.1. The molecule has 1 aromatic carbocycles. The molecule has 0 unspecified atom stereocenters. The number of amides is 1. The van der Waals surface area contributed by atoms with Gasteiger partial charge in [-0.25, -0.2) is 4.98 Å². The average molecular weight is 330 g/mol. The van der Waals surface area contributed by atoms with Crippen LogP contribution in [0.15, 0.2) is 47.2 Å². The number of benzene rings is 1. The molecule has 0 saturated carbocycles. The van der Waals surface area contributed by atoms with Crippen molar-refractivity contribution in [3.05, 3.63) is 63.3 Å². The molecule has 3 aromatic rings. The molecule has 0 bridgehead atoms. The molecular formula is C16H14N2O2S2. The van der Waals surface area contributed by atoms with Crippen molar-refractivity contribution in [1.82, 2.24) is 4.98 Å². The molecule has 4 nitrogen and oxygen atoms in total. The highest BCUT2D eigenvalue weighted by atomic mass is 32.1. The van der Waals surface area contributed by atoms with Gasteiger partial charge < -0.3 is 4.74 Å². The van der Waals surface area contributed by atoms with Crippen molar-refractivity contribution in [2.24, 2.45) is 0 Å². The number of nitrogens with one attached hydrogen (secondary N) is 1. The number of thiazole rings is 1. The maximum atomic E-state index is 12.1. The van der Waals surface area contributed by atoms with Gasteiger partial charge in [0.15, 0.2) is 5.13 Å². The van der Waals surface area contributed by atoms with E-state index < -0.39 is 0 Å². The van der Waals surface area contributed by atoms with Crippen LogP contribution >= 0.6 is 22.7 Å². The topological polar surface area (TPSA) is 51.2 Å². The Morgan fingerprint density at radius 3 is 2.68 bits per heavy atom. The quantitative estimate of drug-likeness (QED) is 0.757. The summed E-state index contributed by atoms with van der Waals surface area (Å²) in [5, 5.41) is 7.31. The van der Waals surface area contributed by atoms with Crippen LogP contribution < -0.4 is 10.1 Å². The second-order valence-corrected chi connectivity index (χ2v) is 6.53. The van der Waals surface area contributed by atoms with E-state index in [4.69, 9.17) is 4.74 Å². The van der Waals surface area contributed by atoms with Crippen LogP contribution in [0, 0.1) is 6.92 Å². The molecule has 1 N–H and O–H groups in total. The van der Waals surface area contributed by atoms with Crippen LogP contribution in [0.4, 0.5) is 5.13 Å². The van der Waals surface area contributed by atoms with E-state index in [1.165, 1.54) is 16.2 Å². The van der Waals surface area contributed by atoms with Crippen LogP contribution in [-0.4, -0.2) is 10.9 Å². The van der Waals surface area contributed by atoms with Crippen LogP contribution in [0.2, 0.25) is 0 Å². The number of rotatable bonds is 5. The summed E-state index contributed by atoms with van der Waals surface area (Å²) < 4.78 is 5.68. The van der Waals surface area contributed by atoms with Crippen LogP contribution in [-0.2, 0) is 6.61 Å². The lowest BCUT2D eigenvalue weighted by Gasteiger charge is -2.06. The predicted molar refractivity (Wildman–Crippen MR) is 89.9 cm³/mol. The van der Waals surface area contributed by atoms with Crippen LogP contribution in [0.1, 0.15) is 20.9 Å². The summed E-state index contributed by atoms with van der Waals surface area (Å²) in [6.45, 7) is 2.44. The van der Waals surface area contributed by atoms with Crippen molar-refractivity contribution in [1.29, 1.82) is 0 Å². The Balaban J connectivity index is 1.59. The first-order valence-electron chi connectivity index (χ1n) is 6.69. The lowest BCUT2D eigenvalue weighted by molar-refractivity contribution is 0.102. The Morgan fingerprint density at radius 1 is 1.23 bits per heavy atom. The van der Waals surface area contributed by atoms with Crippen molar-refractivity contribution in [3.8, 4) is 5.75 Å². The number of aromatic nitrogens is 1. The van der Waals surface area contributed by atoms with Gasteiger partial charge in [-0.05, 0) is 42.6 Å². The van der Waals surface area contributed by atoms with E-state index in [-0.39, 0.29) is 5.91 Å². The third kappa shape index (κ3) is 3.72. The van der Waals surface area contributed by atoms with E-state index in [2.05, 4.69) is 10.3 Å². The van der Waals surface area contributed by atoms with Gasteiger partial charge in [-0.3, -0.25) is 10.1 Å². The fourth-order valence-corrected chi connectivity index (χ4v) is 3.13. The lowest BCUT2D eigenvalue weighted by Crippen LogP contribution is -2.11. The number of hydrogen-bond donors (Lipinski definition) is 1. The Kier molecular flexibility index (Phi) is 4.50. The molecule has 22 heavy (non-hydrogen) atoms. The standard InChI is InChI=1S/C16H14N2O2S2/c1-11-10-22-16(17-11)18-15(19)12-4-6-13(7-5-12)20-9-14-3-2-8-21-14/h2-8,10H,9H2,1H3,(H,17,18,19). The molecule has 0 aliphatic heterocycles. The van der Waals surface area contributed by atoms with Crippen molar-refractivity contribution >= 4 is 33.7 Å². The van der Waals surface area contributed by atoms with Crippen molar-refractivity contribution < 1.29 is 9.53 Å². The number of hydrogen-bond acceptors (Lipinski definition) is 5. The SMILES string of the molecule is Cc1csc(NC(=O)c2ccc(OCc3cccs3)cc2)n1. The number of thiophene rings is 1. The number of carbonyl (C=O) groups is 1. The molecule has 0 aliphatic carbocycles. The first kappa shape index (κ1) is 14.7. The fourth-order valence-electron chi connectivity index (χ4n) is 1.83. The van der Waals surface area contributed by atoms with Crippen molar-refractivity contribution in [2.45, 2.75) is 13.5 Å². The molecule has 2 aromatic heterocycles. The Labute approximate surface area is 136 Å². The zero-order valence-corrected chi connectivity index (χ0v) is 13.5. The average Bonchev–Trinajstić information content (AvgIpc) is 3.17. The molecular weight excluding hydrogens is 316 g/mol. The molecule has 0 fully saturated rings. The minimum atomic E-state index is -0.167. The van der Waals surface area contributed by atoms with Gasteiger partial charge in [0.05, 0.1) is 5.69 Å². The van der Waals surface area contributed by atoms with Crippen LogP contribution in [0.25, 0.3) is 0 Å². The maximum Gasteiger partial charge on any atom is 0.257 e. The number of aryl methyl sites for hydroxylation is 1. The van der Waals surface area contributed by atoms with E-state index in [0.29, 0.717) is 17.3 Å². The smallest absolute Gasteiger partial charge is 0.257 e. The van der Waals surface area contributed by atoms with Gasteiger partial charge in [-0.15, -0.1) is 22.7 Å². The predicted octanol–water partition coefficient (Wildman–Crippen LogP) is 4.34. The zero-order chi connectivity index (χ0) is 15.4. The Bertz CT molecular complexity index is 749. The number of anilines is 1. The molecule has 0 saturated heterocycles. The summed E-state index contributed by atoms with van der Waals surface area (Å²) in [6, 6.07) is 11.1. The number of ether oxygens (including phenoxy) is 1. The monoisotopic (exact) mass is 330 g/mol. The van der Waals surface area contributed by atoms with E-state index in [1.807, 2.05) is 29.8 Å². The Hall–Kier alpha value is -2.18. The highest BCUT2D eigenvalue weighted by Crippen LogP contribution is 2.18. The largest absolute Gasteiger partial charge is 0.488 e. The first-order valence-corrected chi connectivity index (χ1v) is 8.45. The number of nitrogens with zero attached hydrogens (tertiary/aromatic N) is 1. The van der Waals surface area contributed by atoms with Gasteiger partial charge in [0.1, 0.15) is 12.4 Å². The summed E-state index contributed by atoms with van der Waals surface area (Å²) in [5.41, 5.74) is 1.48. The van der Waals surface area contributed by atoms with E-state index in [0.717, 1.165) is 11.4 Å². The lowest BCUT2D eigenvalue weighted by atomic mass is 10.2. The summed E-state index contributed by atoms with van der Waals surface area (Å²) in [5.74, 6) is 0.578. The molecule has 6 heteroatoms. The molecule has 0 spiro atoms. The minimum Gasteiger partial charge on any atom is -0.488 e. The van der Waals surface area contributed by atoms with Gasteiger partial charge in [-0.1, -0.05) is 6.07 Å². The summed E-state index contributed by atoms with van der Waals surface area (Å²) >= 11 is 3.07. The molecule has 2 heterocycles. The molecule has 1 amide bonds. The first-order chi connectivity index (χ1) is 10.7. The Morgan fingerprint density at radius 2 is 2.05 bits per heavy atom. The van der Waals surface area contributed by atoms with Crippen LogP contribution in [0.5, 0.6) is 5.75 Å². The van der Waals surface area contributed by atoms with E-state index in [9.17, 15) is 4.79 Å². The highest BCUT2D eigenvalue weighted by molar-refractivity contribution is 7.14. The molecule has 3 rings (SSSR count). The van der Waals surface area contributed by atoms with Gasteiger partial charge in [0.2, 0.25) is 0 Å².